The zero-order valence-corrected chi connectivity index (χ0v) is 8.25. The SMILES string of the molecule is CCCC(C)CC/C=C/CC=O. The van der Waals surface area contributed by atoms with Crippen molar-refractivity contribution in [3.8, 4) is 0 Å². The summed E-state index contributed by atoms with van der Waals surface area (Å²) in [5, 5.41) is 0. The van der Waals surface area contributed by atoms with Gasteiger partial charge in [-0.3, -0.25) is 0 Å². The highest BCUT2D eigenvalue weighted by molar-refractivity contribution is 5.51. The number of carbonyl (C=O) groups excluding carboxylic acids is 1. The third-order valence-corrected chi connectivity index (χ3v) is 2.01. The summed E-state index contributed by atoms with van der Waals surface area (Å²) in [6.07, 6.45) is 10.5. The van der Waals surface area contributed by atoms with E-state index >= 15 is 0 Å². The Labute approximate surface area is 75.9 Å². The van der Waals surface area contributed by atoms with Gasteiger partial charge in [0, 0.05) is 6.42 Å². The quantitative estimate of drug-likeness (QED) is 0.421. The van der Waals surface area contributed by atoms with Crippen LogP contribution in [0.15, 0.2) is 12.2 Å². The summed E-state index contributed by atoms with van der Waals surface area (Å²) in [6, 6.07) is 0. The summed E-state index contributed by atoms with van der Waals surface area (Å²) in [5.74, 6) is 0.830. The van der Waals surface area contributed by atoms with E-state index in [0.29, 0.717) is 6.42 Å². The Morgan fingerprint density at radius 2 is 2.00 bits per heavy atom. The van der Waals surface area contributed by atoms with Crippen LogP contribution in [0.25, 0.3) is 0 Å². The molecule has 1 nitrogen and oxygen atoms in total. The van der Waals surface area contributed by atoms with Gasteiger partial charge in [-0.1, -0.05) is 38.8 Å². The smallest absolute Gasteiger partial charge is 0.123 e. The molecule has 0 rings (SSSR count). The van der Waals surface area contributed by atoms with Crippen molar-refractivity contribution < 1.29 is 4.79 Å². The molecule has 70 valence electrons. The maximum atomic E-state index is 9.95. The van der Waals surface area contributed by atoms with E-state index in [0.717, 1.165) is 18.6 Å². The molecule has 0 N–H and O–H groups in total. The molecule has 1 unspecified atom stereocenters. The van der Waals surface area contributed by atoms with E-state index in [9.17, 15) is 4.79 Å². The average Bonchev–Trinajstić information content (AvgIpc) is 2.05. The Bertz CT molecular complexity index is 127. The van der Waals surface area contributed by atoms with Crippen LogP contribution in [-0.4, -0.2) is 6.29 Å². The van der Waals surface area contributed by atoms with Crippen LogP contribution in [0.3, 0.4) is 0 Å². The molecule has 0 heterocycles. The van der Waals surface area contributed by atoms with Crippen molar-refractivity contribution >= 4 is 6.29 Å². The number of hydrogen-bond acceptors (Lipinski definition) is 1. The molecule has 0 saturated carbocycles. The molecule has 0 aliphatic carbocycles. The zero-order chi connectivity index (χ0) is 9.23. The Morgan fingerprint density at radius 3 is 2.58 bits per heavy atom. The first-order chi connectivity index (χ1) is 5.81. The lowest BCUT2D eigenvalue weighted by Gasteiger charge is -2.06. The van der Waals surface area contributed by atoms with Crippen LogP contribution < -0.4 is 0 Å². The molecular formula is C11H20O. The van der Waals surface area contributed by atoms with E-state index < -0.39 is 0 Å². The van der Waals surface area contributed by atoms with Gasteiger partial charge in [0.1, 0.15) is 6.29 Å². The molecule has 0 bridgehead atoms. The Balaban J connectivity index is 3.23. The van der Waals surface area contributed by atoms with E-state index in [1.807, 2.05) is 6.08 Å². The molecule has 0 spiro atoms. The molecule has 0 aromatic rings. The second-order valence-electron chi connectivity index (χ2n) is 3.34. The fourth-order valence-corrected chi connectivity index (χ4v) is 1.29. The van der Waals surface area contributed by atoms with Crippen molar-refractivity contribution in [1.29, 1.82) is 0 Å². The van der Waals surface area contributed by atoms with E-state index in [2.05, 4.69) is 19.9 Å². The van der Waals surface area contributed by atoms with E-state index in [-0.39, 0.29) is 0 Å². The van der Waals surface area contributed by atoms with Crippen molar-refractivity contribution in [3.63, 3.8) is 0 Å². The zero-order valence-electron chi connectivity index (χ0n) is 8.25. The number of hydrogen-bond donors (Lipinski definition) is 0. The first kappa shape index (κ1) is 11.4. The summed E-state index contributed by atoms with van der Waals surface area (Å²) in [6.45, 7) is 4.51. The number of aldehydes is 1. The van der Waals surface area contributed by atoms with Crippen molar-refractivity contribution in [2.75, 3.05) is 0 Å². The molecule has 0 saturated heterocycles. The number of carbonyl (C=O) groups is 1. The first-order valence-electron chi connectivity index (χ1n) is 4.89. The minimum Gasteiger partial charge on any atom is -0.303 e. The first-order valence-corrected chi connectivity index (χ1v) is 4.89. The summed E-state index contributed by atoms with van der Waals surface area (Å²) < 4.78 is 0. The van der Waals surface area contributed by atoms with Crippen LogP contribution >= 0.6 is 0 Å². The third-order valence-electron chi connectivity index (χ3n) is 2.01. The van der Waals surface area contributed by atoms with Crippen LogP contribution in [-0.2, 0) is 4.79 Å². The fraction of sp³-hybridized carbons (Fsp3) is 0.727. The standard InChI is InChI=1S/C11H20O/c1-3-8-11(2)9-6-4-5-7-10-12/h4-5,10-11H,3,6-9H2,1-2H3/b5-4+. The number of allylic oxidation sites excluding steroid dienone is 2. The van der Waals surface area contributed by atoms with Crippen LogP contribution in [0.4, 0.5) is 0 Å². The van der Waals surface area contributed by atoms with Gasteiger partial charge in [0.15, 0.2) is 0 Å². The van der Waals surface area contributed by atoms with Crippen molar-refractivity contribution in [2.45, 2.75) is 46.0 Å². The normalized spacial score (nSPS) is 13.5. The predicted octanol–water partition coefficient (Wildman–Crippen LogP) is 3.35. The van der Waals surface area contributed by atoms with Gasteiger partial charge < -0.3 is 4.79 Å². The highest BCUT2D eigenvalue weighted by Crippen LogP contribution is 2.12. The van der Waals surface area contributed by atoms with Crippen molar-refractivity contribution in [3.05, 3.63) is 12.2 Å². The topological polar surface area (TPSA) is 17.1 Å². The van der Waals surface area contributed by atoms with Gasteiger partial charge in [-0.05, 0) is 18.8 Å². The largest absolute Gasteiger partial charge is 0.303 e. The third kappa shape index (κ3) is 7.52. The molecule has 1 atom stereocenters. The van der Waals surface area contributed by atoms with Crippen LogP contribution in [0.2, 0.25) is 0 Å². The lowest BCUT2D eigenvalue weighted by atomic mass is 10.0. The molecule has 0 fully saturated rings. The second-order valence-corrected chi connectivity index (χ2v) is 3.34. The second kappa shape index (κ2) is 8.51. The summed E-state index contributed by atoms with van der Waals surface area (Å²) in [4.78, 5) is 9.95. The Hall–Kier alpha value is -0.590. The number of rotatable bonds is 7. The van der Waals surface area contributed by atoms with Gasteiger partial charge >= 0.3 is 0 Å². The van der Waals surface area contributed by atoms with Crippen molar-refractivity contribution in [2.24, 2.45) is 5.92 Å². The molecule has 0 radical (unpaired) electrons. The summed E-state index contributed by atoms with van der Waals surface area (Å²) in [5.41, 5.74) is 0. The minimum atomic E-state index is 0.572. The summed E-state index contributed by atoms with van der Waals surface area (Å²) in [7, 11) is 0. The molecule has 12 heavy (non-hydrogen) atoms. The van der Waals surface area contributed by atoms with E-state index in [4.69, 9.17) is 0 Å². The predicted molar refractivity (Wildman–Crippen MR) is 53.1 cm³/mol. The molecule has 0 aliphatic heterocycles. The lowest BCUT2D eigenvalue weighted by molar-refractivity contribution is -0.107. The maximum Gasteiger partial charge on any atom is 0.123 e. The monoisotopic (exact) mass is 168 g/mol. The molecule has 0 aromatic heterocycles. The molecule has 0 aromatic carbocycles. The van der Waals surface area contributed by atoms with Gasteiger partial charge in [0.25, 0.3) is 0 Å². The highest BCUT2D eigenvalue weighted by atomic mass is 16.1. The molecule has 0 amide bonds. The minimum absolute atomic E-state index is 0.572. The van der Waals surface area contributed by atoms with Gasteiger partial charge in [-0.25, -0.2) is 0 Å². The molecule has 1 heteroatoms. The molecular weight excluding hydrogens is 148 g/mol. The highest BCUT2D eigenvalue weighted by Gasteiger charge is 1.97. The fourth-order valence-electron chi connectivity index (χ4n) is 1.29. The van der Waals surface area contributed by atoms with E-state index in [1.54, 1.807) is 0 Å². The van der Waals surface area contributed by atoms with Gasteiger partial charge in [0.05, 0.1) is 0 Å². The molecule has 0 aliphatic rings. The van der Waals surface area contributed by atoms with Gasteiger partial charge in [-0.15, -0.1) is 0 Å². The van der Waals surface area contributed by atoms with Crippen LogP contribution in [0.5, 0.6) is 0 Å². The van der Waals surface area contributed by atoms with E-state index in [1.165, 1.54) is 19.3 Å². The van der Waals surface area contributed by atoms with Gasteiger partial charge in [0.2, 0.25) is 0 Å². The van der Waals surface area contributed by atoms with Crippen molar-refractivity contribution in [1.82, 2.24) is 0 Å². The Morgan fingerprint density at radius 1 is 1.25 bits per heavy atom. The average molecular weight is 168 g/mol. The lowest BCUT2D eigenvalue weighted by Crippen LogP contribution is -1.91. The van der Waals surface area contributed by atoms with Crippen LogP contribution in [0.1, 0.15) is 46.0 Å². The van der Waals surface area contributed by atoms with Gasteiger partial charge in [-0.2, -0.15) is 0 Å². The maximum absolute atomic E-state index is 9.95. The van der Waals surface area contributed by atoms with Crippen LogP contribution in [0, 0.1) is 5.92 Å². The Kier molecular flexibility index (Phi) is 8.09. The summed E-state index contributed by atoms with van der Waals surface area (Å²) >= 11 is 0.